The van der Waals surface area contributed by atoms with Gasteiger partial charge in [0.05, 0.1) is 7.59 Å². The summed E-state index contributed by atoms with van der Waals surface area (Å²) in [6.07, 6.45) is 0. The Hall–Kier alpha value is 0.394. The lowest BCUT2D eigenvalue weighted by molar-refractivity contribution is 0.418. The number of rotatable bonds is 5. The minimum atomic E-state index is -1.32. The Kier molecular flexibility index (Phi) is 4.73. The topological polar surface area (TPSA) is 9.23 Å². The smallest absolute Gasteiger partial charge is 0.173 e. The molecule has 0 rings (SSSR count). The second-order valence-electron chi connectivity index (χ2n) is 4.06. The minimum absolute atomic E-state index is 1.03. The molecule has 0 fully saturated rings. The molecule has 3 heteroatoms. The van der Waals surface area contributed by atoms with E-state index in [4.69, 9.17) is 4.43 Å². The van der Waals surface area contributed by atoms with Crippen molar-refractivity contribution in [2.75, 3.05) is 7.11 Å². The third kappa shape index (κ3) is 2.00. The molecule has 0 unspecified atom stereocenters. The maximum absolute atomic E-state index is 5.78. The summed E-state index contributed by atoms with van der Waals surface area (Å²) in [6, 6.07) is 4.19. The van der Waals surface area contributed by atoms with Gasteiger partial charge in [0.15, 0.2) is 7.83 Å². The second kappa shape index (κ2) is 4.58. The number of hydrogen-bond donors (Lipinski definition) is 0. The molecule has 0 amide bonds. The van der Waals surface area contributed by atoms with Gasteiger partial charge in [-0.1, -0.05) is 38.9 Å². The molecule has 0 spiro atoms. The second-order valence-corrected chi connectivity index (χ2v) is 19.0. The molecule has 0 aliphatic carbocycles. The molecule has 0 aromatic heterocycles. The van der Waals surface area contributed by atoms with E-state index in [0.29, 0.717) is 0 Å². The number of hydrogen-bond acceptors (Lipinski definition) is 1. The van der Waals surface area contributed by atoms with Gasteiger partial charge in [0.25, 0.3) is 0 Å². The summed E-state index contributed by atoms with van der Waals surface area (Å²) in [5.74, 6) is 0. The quantitative estimate of drug-likeness (QED) is 0.624. The first-order valence-corrected chi connectivity index (χ1v) is 11.6. The molecule has 0 N–H and O–H groups in total. The highest BCUT2D eigenvalue weighted by Crippen LogP contribution is 2.30. The fraction of sp³-hybridized carbons (Fsp3) is 1.00. The van der Waals surface area contributed by atoms with Crippen LogP contribution in [0.2, 0.25) is 31.2 Å². The van der Waals surface area contributed by atoms with E-state index in [-0.39, 0.29) is 0 Å². The minimum Gasteiger partial charge on any atom is -0.423 e. The molecule has 0 aromatic rings. The van der Waals surface area contributed by atoms with Crippen LogP contribution >= 0.6 is 0 Å². The van der Waals surface area contributed by atoms with Crippen LogP contribution < -0.4 is 0 Å². The normalized spacial score (nSPS) is 13.5. The maximum Gasteiger partial charge on any atom is 0.173 e. The highest BCUT2D eigenvalue weighted by atomic mass is 29.3. The van der Waals surface area contributed by atoms with Crippen molar-refractivity contribution in [3.8, 4) is 0 Å². The molecule has 74 valence electrons. The predicted molar refractivity (Wildman–Crippen MR) is 61.7 cm³/mol. The van der Waals surface area contributed by atoms with Gasteiger partial charge in [-0.15, -0.1) is 0 Å². The lowest BCUT2D eigenvalue weighted by Gasteiger charge is -2.40. The standard InChI is InChI=1S/C9H24OSi2/c1-7-12(8-2,9-3)11(5,6)10-4/h7-9H2,1-6H3. The van der Waals surface area contributed by atoms with Gasteiger partial charge in [-0.25, -0.2) is 0 Å². The Labute approximate surface area is 79.4 Å². The van der Waals surface area contributed by atoms with Crippen molar-refractivity contribution in [3.05, 3.63) is 0 Å². The largest absolute Gasteiger partial charge is 0.423 e. The van der Waals surface area contributed by atoms with Gasteiger partial charge in [-0.2, -0.15) is 0 Å². The van der Waals surface area contributed by atoms with Crippen LogP contribution in [0.25, 0.3) is 0 Å². The van der Waals surface area contributed by atoms with Gasteiger partial charge in [0.2, 0.25) is 0 Å². The van der Waals surface area contributed by atoms with E-state index < -0.39 is 15.4 Å². The van der Waals surface area contributed by atoms with Crippen molar-refractivity contribution in [2.45, 2.75) is 52.0 Å². The molecule has 0 saturated heterocycles. The monoisotopic (exact) mass is 204 g/mol. The average molecular weight is 204 g/mol. The summed E-state index contributed by atoms with van der Waals surface area (Å²) in [5.41, 5.74) is 0. The Balaban J connectivity index is 4.69. The molecule has 0 aliphatic rings. The fourth-order valence-electron chi connectivity index (χ4n) is 2.24. The highest BCUT2D eigenvalue weighted by Gasteiger charge is 2.45. The van der Waals surface area contributed by atoms with Crippen LogP contribution in [0.3, 0.4) is 0 Å². The van der Waals surface area contributed by atoms with Crippen LogP contribution in [0.1, 0.15) is 20.8 Å². The molecular formula is C9H24OSi2. The van der Waals surface area contributed by atoms with Crippen LogP contribution in [-0.2, 0) is 4.43 Å². The maximum atomic E-state index is 5.78. The molecule has 0 saturated carbocycles. The van der Waals surface area contributed by atoms with Crippen LogP contribution in [0.5, 0.6) is 0 Å². The summed E-state index contributed by atoms with van der Waals surface area (Å²) in [7, 11) is -0.435. The SMILES string of the molecule is CC[Si](CC)(CC)[Si](C)(C)OC. The first kappa shape index (κ1) is 12.4. The first-order valence-electron chi connectivity index (χ1n) is 5.04. The van der Waals surface area contributed by atoms with Gasteiger partial charge < -0.3 is 4.43 Å². The Morgan fingerprint density at radius 2 is 1.25 bits per heavy atom. The van der Waals surface area contributed by atoms with Crippen molar-refractivity contribution < 1.29 is 4.43 Å². The summed E-state index contributed by atoms with van der Waals surface area (Å²) < 4.78 is 5.78. The average Bonchev–Trinajstić information content (AvgIpc) is 2.08. The van der Waals surface area contributed by atoms with Crippen LogP contribution in [0.15, 0.2) is 0 Å². The zero-order valence-corrected chi connectivity index (χ0v) is 11.5. The lowest BCUT2D eigenvalue weighted by Crippen LogP contribution is -2.59. The summed E-state index contributed by atoms with van der Waals surface area (Å²) in [4.78, 5) is 0. The molecule has 0 aliphatic heterocycles. The van der Waals surface area contributed by atoms with Gasteiger partial charge in [0.1, 0.15) is 0 Å². The molecule has 0 aromatic carbocycles. The Morgan fingerprint density at radius 1 is 0.917 bits per heavy atom. The Bertz CT molecular complexity index is 122. The van der Waals surface area contributed by atoms with Crippen LogP contribution in [0.4, 0.5) is 0 Å². The summed E-state index contributed by atoms with van der Waals surface area (Å²) >= 11 is 0. The van der Waals surface area contributed by atoms with Crippen molar-refractivity contribution in [3.63, 3.8) is 0 Å². The van der Waals surface area contributed by atoms with Gasteiger partial charge in [0, 0.05) is 7.11 Å². The van der Waals surface area contributed by atoms with E-state index >= 15 is 0 Å². The third-order valence-corrected chi connectivity index (χ3v) is 22.9. The van der Waals surface area contributed by atoms with E-state index in [1.54, 1.807) is 0 Å². The van der Waals surface area contributed by atoms with E-state index in [2.05, 4.69) is 33.9 Å². The zero-order chi connectivity index (χ0) is 9.83. The van der Waals surface area contributed by atoms with Gasteiger partial charge in [-0.05, 0) is 13.1 Å². The molecule has 1 nitrogen and oxygen atoms in total. The van der Waals surface area contributed by atoms with Crippen molar-refractivity contribution >= 4 is 15.4 Å². The molecule has 0 radical (unpaired) electrons. The molecule has 12 heavy (non-hydrogen) atoms. The zero-order valence-electron chi connectivity index (χ0n) is 9.53. The third-order valence-electron chi connectivity index (χ3n) is 3.82. The molecule has 0 atom stereocenters. The van der Waals surface area contributed by atoms with E-state index in [0.717, 1.165) is 0 Å². The lowest BCUT2D eigenvalue weighted by atomic mass is 10.9. The van der Waals surface area contributed by atoms with Crippen molar-refractivity contribution in [2.24, 2.45) is 0 Å². The summed E-state index contributed by atoms with van der Waals surface area (Å²) in [5, 5.41) is 0. The van der Waals surface area contributed by atoms with E-state index in [9.17, 15) is 0 Å². The van der Waals surface area contributed by atoms with E-state index in [1.165, 1.54) is 18.1 Å². The van der Waals surface area contributed by atoms with Gasteiger partial charge >= 0.3 is 0 Å². The molecule has 0 bridgehead atoms. The van der Waals surface area contributed by atoms with Crippen molar-refractivity contribution in [1.82, 2.24) is 0 Å². The fourth-order valence-corrected chi connectivity index (χ4v) is 15.7. The highest BCUT2D eigenvalue weighted by molar-refractivity contribution is 7.39. The van der Waals surface area contributed by atoms with Crippen molar-refractivity contribution in [1.29, 1.82) is 0 Å². The van der Waals surface area contributed by atoms with Crippen LogP contribution in [-0.4, -0.2) is 22.5 Å². The van der Waals surface area contributed by atoms with Crippen LogP contribution in [0, 0.1) is 0 Å². The van der Waals surface area contributed by atoms with E-state index in [1.807, 2.05) is 7.11 Å². The Morgan fingerprint density at radius 3 is 1.33 bits per heavy atom. The van der Waals surface area contributed by atoms with Gasteiger partial charge in [-0.3, -0.25) is 0 Å². The molecule has 0 heterocycles. The first-order chi connectivity index (χ1) is 5.49. The predicted octanol–water partition coefficient (Wildman–Crippen LogP) is 3.42. The molecular weight excluding hydrogens is 180 g/mol. The summed E-state index contributed by atoms with van der Waals surface area (Å²) in [6.45, 7) is 11.9.